The highest BCUT2D eigenvalue weighted by molar-refractivity contribution is 5.92. The van der Waals surface area contributed by atoms with E-state index in [-0.39, 0.29) is 17.4 Å². The van der Waals surface area contributed by atoms with Crippen LogP contribution in [0.3, 0.4) is 0 Å². The van der Waals surface area contributed by atoms with Gasteiger partial charge < -0.3 is 5.32 Å². The summed E-state index contributed by atoms with van der Waals surface area (Å²) >= 11 is 0. The quantitative estimate of drug-likeness (QED) is 0.643. The molecular weight excluding hydrogens is 222 g/mol. The van der Waals surface area contributed by atoms with Gasteiger partial charge in [0.1, 0.15) is 0 Å². The summed E-state index contributed by atoms with van der Waals surface area (Å²) in [6.07, 6.45) is 1.01. The van der Waals surface area contributed by atoms with E-state index in [1.54, 1.807) is 19.9 Å². The van der Waals surface area contributed by atoms with Crippen LogP contribution in [0.25, 0.3) is 0 Å². The Labute approximate surface area is 99.2 Å². The van der Waals surface area contributed by atoms with E-state index in [2.05, 4.69) is 10.3 Å². The third kappa shape index (κ3) is 3.24. The van der Waals surface area contributed by atoms with Crippen LogP contribution in [-0.4, -0.2) is 15.8 Å². The lowest BCUT2D eigenvalue weighted by atomic mass is 10.2. The first kappa shape index (κ1) is 13.1. The Hall–Kier alpha value is -1.98. The van der Waals surface area contributed by atoms with Gasteiger partial charge >= 0.3 is 5.69 Å². The van der Waals surface area contributed by atoms with Crippen LogP contribution in [0.1, 0.15) is 31.0 Å². The van der Waals surface area contributed by atoms with Gasteiger partial charge in [-0.3, -0.25) is 14.9 Å². The molecule has 0 bridgehead atoms. The van der Waals surface area contributed by atoms with Crippen molar-refractivity contribution >= 4 is 17.4 Å². The molecule has 1 aromatic rings. The summed E-state index contributed by atoms with van der Waals surface area (Å²) in [5.74, 6) is -0.223. The number of aryl methyl sites for hydroxylation is 2. The maximum Gasteiger partial charge on any atom is 0.314 e. The summed E-state index contributed by atoms with van der Waals surface area (Å²) in [4.78, 5) is 25.8. The van der Waals surface area contributed by atoms with E-state index < -0.39 is 4.92 Å². The minimum absolute atomic E-state index is 0.0333. The molecule has 17 heavy (non-hydrogen) atoms. The van der Waals surface area contributed by atoms with Gasteiger partial charge in [0.05, 0.1) is 4.92 Å². The maximum atomic E-state index is 11.4. The number of carbonyl (C=O) groups is 1. The Balaban J connectivity index is 3.12. The predicted molar refractivity (Wildman–Crippen MR) is 63.9 cm³/mol. The van der Waals surface area contributed by atoms with Crippen molar-refractivity contribution in [3.63, 3.8) is 0 Å². The van der Waals surface area contributed by atoms with Crippen LogP contribution in [0, 0.1) is 24.0 Å². The van der Waals surface area contributed by atoms with Crippen molar-refractivity contribution in [2.45, 2.75) is 33.6 Å². The third-order valence-corrected chi connectivity index (χ3v) is 2.23. The average molecular weight is 237 g/mol. The minimum Gasteiger partial charge on any atom is -0.305 e. The normalized spacial score (nSPS) is 10.1. The number of aromatic nitrogens is 1. The van der Waals surface area contributed by atoms with Crippen molar-refractivity contribution in [2.75, 3.05) is 5.32 Å². The monoisotopic (exact) mass is 237 g/mol. The van der Waals surface area contributed by atoms with Gasteiger partial charge in [-0.15, -0.1) is 0 Å². The van der Waals surface area contributed by atoms with E-state index in [0.29, 0.717) is 24.1 Å². The Morgan fingerprint density at radius 3 is 2.71 bits per heavy atom. The lowest BCUT2D eigenvalue weighted by Crippen LogP contribution is -2.14. The first-order chi connectivity index (χ1) is 7.95. The van der Waals surface area contributed by atoms with Crippen molar-refractivity contribution in [3.05, 3.63) is 27.4 Å². The van der Waals surface area contributed by atoms with Gasteiger partial charge in [-0.05, 0) is 26.3 Å². The number of nitrogens with one attached hydrogen (secondary N) is 1. The molecule has 0 radical (unpaired) electrons. The second-order valence-electron chi connectivity index (χ2n) is 3.83. The lowest BCUT2D eigenvalue weighted by Gasteiger charge is -2.07. The Morgan fingerprint density at radius 2 is 2.18 bits per heavy atom. The molecular formula is C11H15N3O3. The van der Waals surface area contributed by atoms with Crippen molar-refractivity contribution in [2.24, 2.45) is 0 Å². The SMILES string of the molecule is CCCC(=O)Nc1nc(C)cc(C)c1[N+](=O)[O-]. The lowest BCUT2D eigenvalue weighted by molar-refractivity contribution is -0.384. The molecule has 92 valence electrons. The van der Waals surface area contributed by atoms with E-state index in [0.717, 1.165) is 0 Å². The molecule has 1 N–H and O–H groups in total. The van der Waals surface area contributed by atoms with Crippen LogP contribution in [0.15, 0.2) is 6.07 Å². The number of hydrogen-bond donors (Lipinski definition) is 1. The van der Waals surface area contributed by atoms with Crippen LogP contribution in [0.2, 0.25) is 0 Å². The zero-order valence-electron chi connectivity index (χ0n) is 10.1. The summed E-state index contributed by atoms with van der Waals surface area (Å²) in [7, 11) is 0. The van der Waals surface area contributed by atoms with E-state index in [9.17, 15) is 14.9 Å². The molecule has 1 rings (SSSR count). The topological polar surface area (TPSA) is 85.1 Å². The van der Waals surface area contributed by atoms with Crippen molar-refractivity contribution < 1.29 is 9.72 Å². The molecule has 0 aromatic carbocycles. The molecule has 6 heteroatoms. The largest absolute Gasteiger partial charge is 0.314 e. The molecule has 0 saturated heterocycles. The van der Waals surface area contributed by atoms with Crippen LogP contribution in [0.5, 0.6) is 0 Å². The standard InChI is InChI=1S/C11H15N3O3/c1-4-5-9(15)13-11-10(14(16)17)7(2)6-8(3)12-11/h6H,4-5H2,1-3H3,(H,12,13,15). The fraction of sp³-hybridized carbons (Fsp3) is 0.455. The molecule has 0 atom stereocenters. The Morgan fingerprint density at radius 1 is 1.53 bits per heavy atom. The first-order valence-electron chi connectivity index (χ1n) is 5.38. The van der Waals surface area contributed by atoms with Crippen molar-refractivity contribution in [1.82, 2.24) is 4.98 Å². The van der Waals surface area contributed by atoms with Gasteiger partial charge in [-0.1, -0.05) is 6.92 Å². The van der Waals surface area contributed by atoms with E-state index in [1.807, 2.05) is 6.92 Å². The summed E-state index contributed by atoms with van der Waals surface area (Å²) < 4.78 is 0. The Bertz CT molecular complexity index is 458. The average Bonchev–Trinajstić information content (AvgIpc) is 2.15. The van der Waals surface area contributed by atoms with Gasteiger partial charge in [0.15, 0.2) is 0 Å². The highest BCUT2D eigenvalue weighted by atomic mass is 16.6. The van der Waals surface area contributed by atoms with E-state index in [1.165, 1.54) is 0 Å². The van der Waals surface area contributed by atoms with Crippen LogP contribution < -0.4 is 5.32 Å². The van der Waals surface area contributed by atoms with Crippen LogP contribution in [-0.2, 0) is 4.79 Å². The molecule has 0 aliphatic heterocycles. The molecule has 0 fully saturated rings. The molecule has 1 amide bonds. The zero-order valence-corrected chi connectivity index (χ0v) is 10.1. The van der Waals surface area contributed by atoms with Crippen molar-refractivity contribution in [1.29, 1.82) is 0 Å². The van der Waals surface area contributed by atoms with Gasteiger partial charge in [-0.2, -0.15) is 0 Å². The molecule has 0 spiro atoms. The number of amides is 1. The molecule has 1 heterocycles. The van der Waals surface area contributed by atoms with Gasteiger partial charge in [0.25, 0.3) is 0 Å². The van der Waals surface area contributed by atoms with E-state index >= 15 is 0 Å². The number of pyridine rings is 1. The maximum absolute atomic E-state index is 11.4. The number of nitro groups is 1. The highest BCUT2D eigenvalue weighted by Gasteiger charge is 2.20. The summed E-state index contributed by atoms with van der Waals surface area (Å²) in [5, 5.41) is 13.4. The highest BCUT2D eigenvalue weighted by Crippen LogP contribution is 2.26. The second kappa shape index (κ2) is 5.38. The zero-order chi connectivity index (χ0) is 13.0. The number of anilines is 1. The van der Waals surface area contributed by atoms with Gasteiger partial charge in [0, 0.05) is 17.7 Å². The van der Waals surface area contributed by atoms with Crippen LogP contribution >= 0.6 is 0 Å². The molecule has 0 unspecified atom stereocenters. The van der Waals surface area contributed by atoms with Crippen molar-refractivity contribution in [3.8, 4) is 0 Å². The van der Waals surface area contributed by atoms with Gasteiger partial charge in [-0.25, -0.2) is 4.98 Å². The minimum atomic E-state index is -0.524. The number of rotatable bonds is 4. The first-order valence-corrected chi connectivity index (χ1v) is 5.38. The predicted octanol–water partition coefficient (Wildman–Crippen LogP) is 2.35. The third-order valence-electron chi connectivity index (χ3n) is 2.23. The summed E-state index contributed by atoms with van der Waals surface area (Å²) in [6.45, 7) is 5.22. The molecule has 0 aliphatic rings. The molecule has 0 aliphatic carbocycles. The number of carbonyl (C=O) groups excluding carboxylic acids is 1. The fourth-order valence-electron chi connectivity index (χ4n) is 1.57. The van der Waals surface area contributed by atoms with Gasteiger partial charge in [0.2, 0.25) is 11.7 Å². The smallest absolute Gasteiger partial charge is 0.305 e. The molecule has 0 saturated carbocycles. The Kier molecular flexibility index (Phi) is 4.14. The number of hydrogen-bond acceptors (Lipinski definition) is 4. The number of nitrogens with zero attached hydrogens (tertiary/aromatic N) is 2. The molecule has 1 aromatic heterocycles. The van der Waals surface area contributed by atoms with E-state index in [4.69, 9.17) is 0 Å². The second-order valence-corrected chi connectivity index (χ2v) is 3.83. The van der Waals surface area contributed by atoms with Crippen LogP contribution in [0.4, 0.5) is 11.5 Å². The summed E-state index contributed by atoms with van der Waals surface area (Å²) in [6, 6.07) is 1.62. The molecule has 6 nitrogen and oxygen atoms in total. The fourth-order valence-corrected chi connectivity index (χ4v) is 1.57. The summed E-state index contributed by atoms with van der Waals surface area (Å²) in [5.41, 5.74) is 0.995.